The van der Waals surface area contributed by atoms with Gasteiger partial charge in [-0.25, -0.2) is 0 Å². The predicted molar refractivity (Wildman–Crippen MR) is 65.7 cm³/mol. The van der Waals surface area contributed by atoms with Crippen molar-refractivity contribution in [3.63, 3.8) is 0 Å². The van der Waals surface area contributed by atoms with Crippen LogP contribution >= 0.6 is 0 Å². The van der Waals surface area contributed by atoms with E-state index in [1.807, 2.05) is 0 Å². The van der Waals surface area contributed by atoms with Crippen molar-refractivity contribution in [2.24, 2.45) is 5.73 Å². The molecule has 0 spiro atoms. The van der Waals surface area contributed by atoms with Gasteiger partial charge in [0.15, 0.2) is 0 Å². The van der Waals surface area contributed by atoms with Gasteiger partial charge in [-0.1, -0.05) is 19.3 Å². The van der Waals surface area contributed by atoms with Crippen molar-refractivity contribution in [1.82, 2.24) is 5.32 Å². The molecule has 0 saturated heterocycles. The Morgan fingerprint density at radius 3 is 2.76 bits per heavy atom. The molecular formula is C12H24N2O3. The van der Waals surface area contributed by atoms with Gasteiger partial charge in [-0.05, 0) is 12.8 Å². The topological polar surface area (TPSA) is 73.6 Å². The third-order valence-corrected chi connectivity index (χ3v) is 2.99. The summed E-state index contributed by atoms with van der Waals surface area (Å²) in [4.78, 5) is 11.4. The highest BCUT2D eigenvalue weighted by Gasteiger charge is 2.14. The van der Waals surface area contributed by atoms with Crippen LogP contribution in [-0.4, -0.2) is 44.9 Å². The lowest BCUT2D eigenvalue weighted by atomic mass is 9.98. The molecule has 1 saturated carbocycles. The van der Waals surface area contributed by atoms with Crippen LogP contribution in [0.25, 0.3) is 0 Å². The maximum Gasteiger partial charge on any atom is 0.239 e. The lowest BCUT2D eigenvalue weighted by molar-refractivity contribution is -0.123. The zero-order valence-electron chi connectivity index (χ0n) is 10.6. The standard InChI is InChI=1S/C12H24N2O3/c1-16-9-11(13)12(15)14-7-8-17-10-5-3-2-4-6-10/h10-11H,2-9,13H2,1H3,(H,14,15). The number of nitrogens with one attached hydrogen (secondary N) is 1. The van der Waals surface area contributed by atoms with E-state index in [9.17, 15) is 4.79 Å². The number of hydrogen-bond acceptors (Lipinski definition) is 4. The minimum atomic E-state index is -0.588. The molecule has 1 atom stereocenters. The second-order valence-corrected chi connectivity index (χ2v) is 4.48. The maximum absolute atomic E-state index is 11.4. The minimum Gasteiger partial charge on any atom is -0.383 e. The van der Waals surface area contributed by atoms with Crippen molar-refractivity contribution < 1.29 is 14.3 Å². The van der Waals surface area contributed by atoms with Crippen LogP contribution in [0.4, 0.5) is 0 Å². The summed E-state index contributed by atoms with van der Waals surface area (Å²) in [5.74, 6) is -0.181. The van der Waals surface area contributed by atoms with E-state index in [-0.39, 0.29) is 12.5 Å². The molecule has 5 nitrogen and oxygen atoms in total. The molecule has 0 heterocycles. The number of rotatable bonds is 7. The molecule has 1 amide bonds. The summed E-state index contributed by atoms with van der Waals surface area (Å²) in [6, 6.07) is -0.588. The van der Waals surface area contributed by atoms with Gasteiger partial charge in [0.1, 0.15) is 6.04 Å². The van der Waals surface area contributed by atoms with Crippen molar-refractivity contribution >= 4 is 5.91 Å². The van der Waals surface area contributed by atoms with Crippen LogP contribution < -0.4 is 11.1 Å². The smallest absolute Gasteiger partial charge is 0.239 e. The fourth-order valence-electron chi connectivity index (χ4n) is 2.02. The Labute approximate surface area is 103 Å². The van der Waals surface area contributed by atoms with Crippen molar-refractivity contribution in [2.45, 2.75) is 44.2 Å². The summed E-state index contributed by atoms with van der Waals surface area (Å²) in [7, 11) is 1.53. The van der Waals surface area contributed by atoms with Gasteiger partial charge in [-0.3, -0.25) is 4.79 Å². The first-order valence-corrected chi connectivity index (χ1v) is 6.38. The molecule has 1 fully saturated rings. The zero-order valence-corrected chi connectivity index (χ0v) is 10.6. The third-order valence-electron chi connectivity index (χ3n) is 2.99. The van der Waals surface area contributed by atoms with Gasteiger partial charge in [-0.15, -0.1) is 0 Å². The third kappa shape index (κ3) is 6.00. The maximum atomic E-state index is 11.4. The van der Waals surface area contributed by atoms with Crippen molar-refractivity contribution in [1.29, 1.82) is 0 Å². The first kappa shape index (κ1) is 14.4. The predicted octanol–water partition coefficient (Wildman–Crippen LogP) is 0.426. The highest BCUT2D eigenvalue weighted by Crippen LogP contribution is 2.19. The molecule has 3 N–H and O–H groups in total. The molecule has 0 aromatic heterocycles. The molecular weight excluding hydrogens is 220 g/mol. The summed E-state index contributed by atoms with van der Waals surface area (Å²) >= 11 is 0. The Morgan fingerprint density at radius 2 is 2.12 bits per heavy atom. The largest absolute Gasteiger partial charge is 0.383 e. The number of amides is 1. The van der Waals surface area contributed by atoms with Crippen LogP contribution in [0, 0.1) is 0 Å². The van der Waals surface area contributed by atoms with Crippen molar-refractivity contribution in [2.75, 3.05) is 26.9 Å². The normalized spacial score (nSPS) is 18.9. The number of carbonyl (C=O) groups is 1. The van der Waals surface area contributed by atoms with E-state index in [0.717, 1.165) is 12.8 Å². The number of nitrogens with two attached hydrogens (primary N) is 1. The van der Waals surface area contributed by atoms with Crippen LogP contribution in [0.2, 0.25) is 0 Å². The van der Waals surface area contributed by atoms with Crippen molar-refractivity contribution in [3.05, 3.63) is 0 Å². The van der Waals surface area contributed by atoms with E-state index in [2.05, 4.69) is 5.32 Å². The van der Waals surface area contributed by atoms with Gasteiger partial charge in [0.05, 0.1) is 19.3 Å². The first-order valence-electron chi connectivity index (χ1n) is 6.38. The summed E-state index contributed by atoms with van der Waals surface area (Å²) in [5.41, 5.74) is 5.57. The van der Waals surface area contributed by atoms with Crippen LogP contribution in [0.1, 0.15) is 32.1 Å². The number of carbonyl (C=O) groups excluding carboxylic acids is 1. The molecule has 0 aliphatic heterocycles. The van der Waals surface area contributed by atoms with E-state index < -0.39 is 6.04 Å². The Balaban J connectivity index is 2.01. The van der Waals surface area contributed by atoms with Crippen LogP contribution in [-0.2, 0) is 14.3 Å². The van der Waals surface area contributed by atoms with E-state index in [0.29, 0.717) is 19.3 Å². The highest BCUT2D eigenvalue weighted by atomic mass is 16.5. The molecule has 1 aliphatic carbocycles. The summed E-state index contributed by atoms with van der Waals surface area (Å²) < 4.78 is 10.5. The average molecular weight is 244 g/mol. The molecule has 1 rings (SSSR count). The molecule has 100 valence electrons. The van der Waals surface area contributed by atoms with Crippen LogP contribution in [0.5, 0.6) is 0 Å². The van der Waals surface area contributed by atoms with E-state index in [1.54, 1.807) is 0 Å². The van der Waals surface area contributed by atoms with E-state index in [4.69, 9.17) is 15.2 Å². The lowest BCUT2D eigenvalue weighted by Gasteiger charge is -2.22. The van der Waals surface area contributed by atoms with Gasteiger partial charge in [0.2, 0.25) is 5.91 Å². The molecule has 1 aliphatic rings. The van der Waals surface area contributed by atoms with Gasteiger partial charge in [0.25, 0.3) is 0 Å². The molecule has 0 radical (unpaired) electrons. The second kappa shape index (κ2) is 8.44. The van der Waals surface area contributed by atoms with E-state index >= 15 is 0 Å². The van der Waals surface area contributed by atoms with Crippen LogP contribution in [0.15, 0.2) is 0 Å². The Morgan fingerprint density at radius 1 is 1.41 bits per heavy atom. The molecule has 1 unspecified atom stereocenters. The van der Waals surface area contributed by atoms with Crippen LogP contribution in [0.3, 0.4) is 0 Å². The molecule has 0 bridgehead atoms. The van der Waals surface area contributed by atoms with Gasteiger partial charge < -0.3 is 20.5 Å². The fraction of sp³-hybridized carbons (Fsp3) is 0.917. The molecule has 5 heteroatoms. The van der Waals surface area contributed by atoms with Gasteiger partial charge in [-0.2, -0.15) is 0 Å². The summed E-state index contributed by atoms with van der Waals surface area (Å²) in [6.07, 6.45) is 6.52. The lowest BCUT2D eigenvalue weighted by Crippen LogP contribution is -2.44. The number of methoxy groups -OCH3 is 1. The van der Waals surface area contributed by atoms with Gasteiger partial charge in [0, 0.05) is 13.7 Å². The number of hydrogen-bond donors (Lipinski definition) is 2. The highest BCUT2D eigenvalue weighted by molar-refractivity contribution is 5.81. The quantitative estimate of drug-likeness (QED) is 0.637. The van der Waals surface area contributed by atoms with E-state index in [1.165, 1.54) is 26.4 Å². The summed E-state index contributed by atoms with van der Waals surface area (Å²) in [5, 5.41) is 2.74. The first-order chi connectivity index (χ1) is 8.24. The van der Waals surface area contributed by atoms with Crippen molar-refractivity contribution in [3.8, 4) is 0 Å². The SMILES string of the molecule is COCC(N)C(=O)NCCOC1CCCCC1. The molecule has 0 aromatic rings. The zero-order chi connectivity index (χ0) is 12.5. The summed E-state index contributed by atoms with van der Waals surface area (Å²) in [6.45, 7) is 1.33. The average Bonchev–Trinajstić information content (AvgIpc) is 2.36. The second-order valence-electron chi connectivity index (χ2n) is 4.48. The Kier molecular flexibility index (Phi) is 7.16. The fourth-order valence-corrected chi connectivity index (χ4v) is 2.02. The van der Waals surface area contributed by atoms with Gasteiger partial charge >= 0.3 is 0 Å². The minimum absolute atomic E-state index is 0.181. The Bertz CT molecular complexity index is 218. The number of ether oxygens (including phenoxy) is 2. The molecule has 17 heavy (non-hydrogen) atoms. The Hall–Kier alpha value is -0.650. The monoisotopic (exact) mass is 244 g/mol. The molecule has 0 aromatic carbocycles.